The summed E-state index contributed by atoms with van der Waals surface area (Å²) in [6.45, 7) is 11.0. The van der Waals surface area contributed by atoms with Crippen LogP contribution in [-0.4, -0.2) is 57.5 Å². The van der Waals surface area contributed by atoms with Crippen molar-refractivity contribution < 1.29 is 24.9 Å². The van der Waals surface area contributed by atoms with Crippen LogP contribution in [0, 0.1) is 5.92 Å². The largest absolute Gasteiger partial charge is 0.481 e. The number of carboxylic acid groups (broad SMARTS) is 2. The van der Waals surface area contributed by atoms with E-state index in [1.165, 1.54) is 83.5 Å². The van der Waals surface area contributed by atoms with Crippen molar-refractivity contribution in [1.82, 2.24) is 0 Å². The molecule has 0 aromatic heterocycles. The van der Waals surface area contributed by atoms with E-state index in [1.807, 2.05) is 17.8 Å². The number of halogens is 1. The van der Waals surface area contributed by atoms with Crippen LogP contribution in [0.1, 0.15) is 111 Å². The van der Waals surface area contributed by atoms with Gasteiger partial charge >= 0.3 is 11.9 Å². The fourth-order valence-corrected chi connectivity index (χ4v) is 3.92. The molecule has 10 heteroatoms. The molecule has 0 heterocycles. The molecule has 0 bridgehead atoms. The van der Waals surface area contributed by atoms with Crippen LogP contribution in [0.3, 0.4) is 0 Å². The minimum atomic E-state index is -1.79. The van der Waals surface area contributed by atoms with Crippen LogP contribution in [0.4, 0.5) is 0 Å². The van der Waals surface area contributed by atoms with Crippen LogP contribution in [0.5, 0.6) is 0 Å². The first-order valence-electron chi connectivity index (χ1n) is 14.2. The zero-order valence-electron chi connectivity index (χ0n) is 24.6. The van der Waals surface area contributed by atoms with Gasteiger partial charge in [0.25, 0.3) is 0 Å². The number of carbonyl (C=O) groups is 2. The molecule has 7 nitrogen and oxygen atoms in total. The summed E-state index contributed by atoms with van der Waals surface area (Å²) in [4.78, 5) is 19.4. The Hall–Kier alpha value is -1.00. The number of unbranched alkanes of at least 4 members (excludes halogenated alkanes) is 10. The average molecular weight is 613 g/mol. The zero-order valence-corrected chi connectivity index (χ0v) is 27.0. The summed E-state index contributed by atoms with van der Waals surface area (Å²) in [5, 5.41) is 24.1. The van der Waals surface area contributed by atoms with Gasteiger partial charge in [0, 0.05) is 30.5 Å². The van der Waals surface area contributed by atoms with Gasteiger partial charge in [0.15, 0.2) is 6.10 Å². The molecule has 0 rings (SSSR count). The number of nitrogens with two attached hydrogens (primary N) is 1. The second-order valence-corrected chi connectivity index (χ2v) is 10.8. The van der Waals surface area contributed by atoms with E-state index >= 15 is 0 Å². The third-order valence-corrected chi connectivity index (χ3v) is 7.14. The Balaban J connectivity index is -0.000000296. The van der Waals surface area contributed by atoms with Gasteiger partial charge in [0.1, 0.15) is 0 Å². The number of thioether (sulfide) groups is 1. The Morgan fingerprint density at radius 2 is 1.49 bits per heavy atom. The summed E-state index contributed by atoms with van der Waals surface area (Å²) in [7, 11) is 0. The molecule has 0 radical (unpaired) electrons. The number of aliphatic carboxylic acids is 2. The molecular weight excluding hydrogens is 556 g/mol. The highest BCUT2D eigenvalue weighted by Crippen LogP contribution is 2.16. The van der Waals surface area contributed by atoms with Gasteiger partial charge in [-0.2, -0.15) is 11.8 Å². The van der Waals surface area contributed by atoms with E-state index in [2.05, 4.69) is 43.9 Å². The van der Waals surface area contributed by atoms with Crippen molar-refractivity contribution in [3.63, 3.8) is 0 Å². The van der Waals surface area contributed by atoms with E-state index in [4.69, 9.17) is 33.5 Å². The summed E-state index contributed by atoms with van der Waals surface area (Å²) in [6, 6.07) is 0.347. The standard InChI is InChI=1S/C20H39NS.C5H11NS.C4H6O5.ClH/c1-4-5-6-7-8-9-10-11-12-13-14-15-16-17-18-19(2)20(3)21-22;1-2-4-7-5-3-6;5-2(4(8)9)1-3(6)7;/h11-12,19-20H,4-10,13-18H2,1-3H3;2H,1,3-6H2;2,5H,1H2,(H,6,7)(H,8,9);1H. The summed E-state index contributed by atoms with van der Waals surface area (Å²) in [5.41, 5.74) is 5.21. The van der Waals surface area contributed by atoms with E-state index in [-0.39, 0.29) is 12.4 Å². The minimum absolute atomic E-state index is 0. The number of allylic oxidation sites excluding steroid dienone is 2. The Bertz CT molecular complexity index is 598. The average Bonchev–Trinajstić information content (AvgIpc) is 2.88. The van der Waals surface area contributed by atoms with Gasteiger partial charge in [0.05, 0.1) is 12.5 Å². The number of nitrogens with zero attached hydrogens (tertiary/aromatic N) is 1. The number of hydrogen-bond acceptors (Lipinski definition) is 7. The Morgan fingerprint density at radius 1 is 0.974 bits per heavy atom. The van der Waals surface area contributed by atoms with Crippen LogP contribution in [0.15, 0.2) is 29.2 Å². The molecular formula is C29H57ClN2O5S2. The van der Waals surface area contributed by atoms with Crippen LogP contribution >= 0.6 is 24.2 Å². The number of carboxylic acids is 2. The molecule has 0 spiro atoms. The maximum absolute atomic E-state index is 9.72. The van der Waals surface area contributed by atoms with E-state index in [0.717, 1.165) is 18.1 Å². The van der Waals surface area contributed by atoms with Gasteiger partial charge in [0.2, 0.25) is 0 Å². The van der Waals surface area contributed by atoms with Crippen molar-refractivity contribution in [2.45, 2.75) is 123 Å². The lowest BCUT2D eigenvalue weighted by Gasteiger charge is -2.13. The second-order valence-electron chi connectivity index (χ2n) is 9.45. The molecule has 0 aromatic carbocycles. The minimum Gasteiger partial charge on any atom is -0.481 e. The van der Waals surface area contributed by atoms with E-state index in [1.54, 1.807) is 0 Å². The molecule has 0 aromatic rings. The molecule has 0 saturated heterocycles. The Kier molecular flexibility index (Phi) is 42.7. The SMILES string of the molecule is C=CCSCCN.CCCCCCCCC=CCCCCCCC(C)C(C)N=S.Cl.O=C(O)CC(O)C(=O)O. The molecule has 0 fully saturated rings. The molecule has 5 N–H and O–H groups in total. The first kappa shape index (κ1) is 45.0. The first-order valence-corrected chi connectivity index (χ1v) is 15.7. The molecule has 39 heavy (non-hydrogen) atoms. The van der Waals surface area contributed by atoms with Crippen molar-refractivity contribution >= 4 is 48.5 Å². The quantitative estimate of drug-likeness (QED) is 0.0685. The molecule has 0 amide bonds. The highest BCUT2D eigenvalue weighted by molar-refractivity contribution is 7.99. The fraction of sp³-hybridized carbons (Fsp3) is 0.793. The van der Waals surface area contributed by atoms with E-state index in [9.17, 15) is 9.59 Å². The molecule has 0 aliphatic heterocycles. The summed E-state index contributed by atoms with van der Waals surface area (Å²) >= 11 is 6.58. The fourth-order valence-electron chi connectivity index (χ4n) is 3.21. The molecule has 0 saturated carbocycles. The maximum Gasteiger partial charge on any atom is 0.333 e. The van der Waals surface area contributed by atoms with E-state index < -0.39 is 24.5 Å². The summed E-state index contributed by atoms with van der Waals surface area (Å²) in [5.74, 6) is -0.125. The highest BCUT2D eigenvalue weighted by Gasteiger charge is 2.16. The number of aliphatic hydroxyl groups excluding tert-OH is 1. The van der Waals surface area contributed by atoms with Gasteiger partial charge in [-0.25, -0.2) is 9.16 Å². The van der Waals surface area contributed by atoms with Crippen molar-refractivity contribution in [3.8, 4) is 0 Å². The second kappa shape index (κ2) is 37.0. The third-order valence-electron chi connectivity index (χ3n) is 5.81. The van der Waals surface area contributed by atoms with Crippen LogP contribution in [0.2, 0.25) is 0 Å². The lowest BCUT2D eigenvalue weighted by molar-refractivity contribution is -0.152. The van der Waals surface area contributed by atoms with Crippen molar-refractivity contribution in [2.75, 3.05) is 18.1 Å². The van der Waals surface area contributed by atoms with Gasteiger partial charge in [-0.05, 0) is 44.9 Å². The normalized spacial score (nSPS) is 12.5. The van der Waals surface area contributed by atoms with Crippen molar-refractivity contribution in [2.24, 2.45) is 16.0 Å². The smallest absolute Gasteiger partial charge is 0.333 e. The molecule has 0 aliphatic rings. The topological polar surface area (TPSA) is 133 Å². The van der Waals surface area contributed by atoms with Crippen LogP contribution < -0.4 is 5.73 Å². The molecule has 3 unspecified atom stereocenters. The van der Waals surface area contributed by atoms with E-state index in [0.29, 0.717) is 12.0 Å². The maximum atomic E-state index is 9.72. The monoisotopic (exact) mass is 612 g/mol. The molecule has 0 aliphatic carbocycles. The van der Waals surface area contributed by atoms with Gasteiger partial charge in [-0.3, -0.25) is 4.79 Å². The molecule has 232 valence electrons. The van der Waals surface area contributed by atoms with Crippen molar-refractivity contribution in [3.05, 3.63) is 24.8 Å². The van der Waals surface area contributed by atoms with Gasteiger partial charge in [-0.15, -0.1) is 19.0 Å². The van der Waals surface area contributed by atoms with Crippen LogP contribution in [0.25, 0.3) is 0 Å². The number of rotatable bonds is 23. The van der Waals surface area contributed by atoms with Gasteiger partial charge in [-0.1, -0.05) is 83.4 Å². The van der Waals surface area contributed by atoms with Crippen LogP contribution in [-0.2, 0) is 22.0 Å². The summed E-state index contributed by atoms with van der Waals surface area (Å²) in [6.07, 6.45) is 21.8. The predicted molar refractivity (Wildman–Crippen MR) is 173 cm³/mol. The van der Waals surface area contributed by atoms with Gasteiger partial charge < -0.3 is 21.1 Å². The lowest BCUT2D eigenvalue weighted by atomic mass is 9.97. The third kappa shape index (κ3) is 41.6. The molecule has 3 atom stereocenters. The number of hydrogen-bond donors (Lipinski definition) is 4. The Morgan fingerprint density at radius 3 is 1.90 bits per heavy atom. The summed E-state index contributed by atoms with van der Waals surface area (Å²) < 4.78 is 3.95. The number of aliphatic hydroxyl groups is 1. The van der Waals surface area contributed by atoms with Crippen molar-refractivity contribution in [1.29, 1.82) is 0 Å². The first-order chi connectivity index (χ1) is 18.2. The zero-order chi connectivity index (χ0) is 29.4. The lowest BCUT2D eigenvalue weighted by Crippen LogP contribution is -2.22. The Labute approximate surface area is 254 Å². The predicted octanol–water partition coefficient (Wildman–Crippen LogP) is 7.58. The highest BCUT2D eigenvalue weighted by atomic mass is 35.5.